The Kier molecular flexibility index (Phi) is 4.65. The van der Waals surface area contributed by atoms with E-state index in [9.17, 15) is 5.11 Å². The number of phenols is 1. The van der Waals surface area contributed by atoms with Gasteiger partial charge in [-0.05, 0) is 69.0 Å². The van der Waals surface area contributed by atoms with Crippen molar-refractivity contribution in [2.24, 2.45) is 5.92 Å². The van der Waals surface area contributed by atoms with E-state index in [1.54, 1.807) is 0 Å². The second-order valence-corrected chi connectivity index (χ2v) is 10.4. The van der Waals surface area contributed by atoms with Gasteiger partial charge in [0, 0.05) is 27.3 Å². The van der Waals surface area contributed by atoms with Crippen LogP contribution in [0.15, 0.2) is 52.5 Å². The molecule has 0 fully saturated rings. The number of allylic oxidation sites excluding steroid dienone is 2. The Morgan fingerprint density at radius 1 is 1.14 bits per heavy atom. The summed E-state index contributed by atoms with van der Waals surface area (Å²) in [5.74, 6) is 1.92. The standard InChI is InChI=1S/C25H29BrO2/c1-15-9-10-20-19(11-15)23-21(27)13-17(14-22(23)28-25(20,4)5)24(2,3)16-7-6-8-18(26)12-16/h6-9,12-14,19-20,27H,10-11H2,1-5H3/t19-,20-/m1/s1. The van der Waals surface area contributed by atoms with Crippen LogP contribution in [0.3, 0.4) is 0 Å². The molecule has 2 aromatic rings. The number of hydrogen-bond donors (Lipinski definition) is 1. The highest BCUT2D eigenvalue weighted by Crippen LogP contribution is 2.55. The van der Waals surface area contributed by atoms with E-state index in [4.69, 9.17) is 4.74 Å². The molecule has 0 aromatic heterocycles. The molecule has 3 heteroatoms. The van der Waals surface area contributed by atoms with Crippen LogP contribution in [0, 0.1) is 5.92 Å². The topological polar surface area (TPSA) is 29.5 Å². The van der Waals surface area contributed by atoms with Crippen LogP contribution in [0.1, 0.15) is 70.1 Å². The Morgan fingerprint density at radius 3 is 2.61 bits per heavy atom. The first-order valence-corrected chi connectivity index (χ1v) is 10.9. The number of rotatable bonds is 2. The summed E-state index contributed by atoms with van der Waals surface area (Å²) in [5, 5.41) is 11.1. The fourth-order valence-corrected chi connectivity index (χ4v) is 5.37. The van der Waals surface area contributed by atoms with E-state index in [2.05, 4.69) is 80.9 Å². The Labute approximate surface area is 176 Å². The molecule has 0 radical (unpaired) electrons. The van der Waals surface area contributed by atoms with Crippen LogP contribution >= 0.6 is 15.9 Å². The molecule has 28 heavy (non-hydrogen) atoms. The lowest BCUT2D eigenvalue weighted by molar-refractivity contribution is 0.00745. The average Bonchev–Trinajstić information content (AvgIpc) is 2.60. The van der Waals surface area contributed by atoms with E-state index in [0.29, 0.717) is 17.6 Å². The molecule has 2 aromatic carbocycles. The second-order valence-electron chi connectivity index (χ2n) is 9.45. The Bertz CT molecular complexity index is 955. The first-order valence-electron chi connectivity index (χ1n) is 10.1. The summed E-state index contributed by atoms with van der Waals surface area (Å²) in [5.41, 5.74) is 4.17. The first-order chi connectivity index (χ1) is 13.1. The minimum Gasteiger partial charge on any atom is -0.508 e. The van der Waals surface area contributed by atoms with E-state index >= 15 is 0 Å². The van der Waals surface area contributed by atoms with Gasteiger partial charge in [0.25, 0.3) is 0 Å². The zero-order valence-corrected chi connectivity index (χ0v) is 18.9. The largest absolute Gasteiger partial charge is 0.508 e. The van der Waals surface area contributed by atoms with Gasteiger partial charge in [0.15, 0.2) is 0 Å². The summed E-state index contributed by atoms with van der Waals surface area (Å²) in [6.45, 7) is 11.0. The van der Waals surface area contributed by atoms with Gasteiger partial charge in [0.05, 0.1) is 0 Å². The van der Waals surface area contributed by atoms with Crippen molar-refractivity contribution in [3.8, 4) is 11.5 Å². The molecule has 0 unspecified atom stereocenters. The maximum atomic E-state index is 11.1. The van der Waals surface area contributed by atoms with Gasteiger partial charge in [-0.15, -0.1) is 0 Å². The van der Waals surface area contributed by atoms with Crippen LogP contribution < -0.4 is 4.74 Å². The Hall–Kier alpha value is -1.74. The minimum absolute atomic E-state index is 0.247. The van der Waals surface area contributed by atoms with Crippen LogP contribution in [-0.4, -0.2) is 10.7 Å². The number of halogens is 1. The zero-order valence-electron chi connectivity index (χ0n) is 17.3. The van der Waals surface area contributed by atoms with Gasteiger partial charge >= 0.3 is 0 Å². The van der Waals surface area contributed by atoms with Crippen LogP contribution in [0.4, 0.5) is 0 Å². The zero-order chi connectivity index (χ0) is 20.3. The number of fused-ring (bicyclic) bond motifs is 3. The van der Waals surface area contributed by atoms with Crippen LogP contribution in [0.2, 0.25) is 0 Å². The molecular weight excluding hydrogens is 412 g/mol. The smallest absolute Gasteiger partial charge is 0.127 e. The fourth-order valence-electron chi connectivity index (χ4n) is 4.97. The summed E-state index contributed by atoms with van der Waals surface area (Å²) in [6.07, 6.45) is 4.33. The third-order valence-electron chi connectivity index (χ3n) is 6.77. The summed E-state index contributed by atoms with van der Waals surface area (Å²) in [6, 6.07) is 12.5. The third-order valence-corrected chi connectivity index (χ3v) is 7.27. The SMILES string of the molecule is CC1=CC[C@@H]2[C@@H](C1)c1c(O)cc(C(C)(C)c3cccc(Br)c3)cc1OC2(C)C. The van der Waals surface area contributed by atoms with E-state index in [0.717, 1.165) is 34.2 Å². The van der Waals surface area contributed by atoms with Gasteiger partial charge in [0.1, 0.15) is 17.1 Å². The molecule has 0 amide bonds. The first kappa shape index (κ1) is 19.6. The van der Waals surface area contributed by atoms with Crippen molar-refractivity contribution in [1.82, 2.24) is 0 Å². The van der Waals surface area contributed by atoms with Crippen molar-refractivity contribution < 1.29 is 9.84 Å². The van der Waals surface area contributed by atoms with Crippen LogP contribution in [0.5, 0.6) is 11.5 Å². The molecule has 4 rings (SSSR count). The summed E-state index contributed by atoms with van der Waals surface area (Å²) >= 11 is 3.58. The number of benzene rings is 2. The van der Waals surface area contributed by atoms with Crippen molar-refractivity contribution in [2.45, 2.75) is 64.4 Å². The maximum absolute atomic E-state index is 11.1. The highest BCUT2D eigenvalue weighted by molar-refractivity contribution is 9.10. The highest BCUT2D eigenvalue weighted by atomic mass is 79.9. The van der Waals surface area contributed by atoms with Gasteiger partial charge in [-0.2, -0.15) is 0 Å². The summed E-state index contributed by atoms with van der Waals surface area (Å²) in [4.78, 5) is 0. The fraction of sp³-hybridized carbons (Fsp3) is 0.440. The number of phenolic OH excluding ortho intramolecular Hbond substituents is 1. The van der Waals surface area contributed by atoms with Crippen LogP contribution in [0.25, 0.3) is 0 Å². The van der Waals surface area contributed by atoms with E-state index in [-0.39, 0.29) is 11.0 Å². The van der Waals surface area contributed by atoms with Crippen molar-refractivity contribution in [3.05, 3.63) is 69.2 Å². The molecule has 0 spiro atoms. The van der Waals surface area contributed by atoms with Crippen molar-refractivity contribution in [3.63, 3.8) is 0 Å². The molecule has 0 bridgehead atoms. The molecule has 1 aliphatic carbocycles. The van der Waals surface area contributed by atoms with Crippen molar-refractivity contribution in [1.29, 1.82) is 0 Å². The monoisotopic (exact) mass is 440 g/mol. The molecule has 148 valence electrons. The molecule has 0 saturated heterocycles. The number of aromatic hydroxyl groups is 1. The number of ether oxygens (including phenoxy) is 1. The lowest BCUT2D eigenvalue weighted by Gasteiger charge is -2.47. The third kappa shape index (κ3) is 3.18. The van der Waals surface area contributed by atoms with Crippen molar-refractivity contribution in [2.75, 3.05) is 0 Å². The molecular formula is C25H29BrO2. The molecule has 0 saturated carbocycles. The second kappa shape index (κ2) is 6.66. The van der Waals surface area contributed by atoms with E-state index < -0.39 is 0 Å². The van der Waals surface area contributed by atoms with Gasteiger partial charge in [-0.1, -0.05) is 53.6 Å². The molecule has 2 nitrogen and oxygen atoms in total. The summed E-state index contributed by atoms with van der Waals surface area (Å²) < 4.78 is 7.56. The molecule has 2 aliphatic rings. The van der Waals surface area contributed by atoms with E-state index in [1.165, 1.54) is 11.1 Å². The van der Waals surface area contributed by atoms with E-state index in [1.807, 2.05) is 12.1 Å². The minimum atomic E-state index is -0.250. The summed E-state index contributed by atoms with van der Waals surface area (Å²) in [7, 11) is 0. The molecule has 1 N–H and O–H groups in total. The highest BCUT2D eigenvalue weighted by Gasteiger charge is 2.46. The number of hydrogen-bond acceptors (Lipinski definition) is 2. The molecule has 2 atom stereocenters. The van der Waals surface area contributed by atoms with Gasteiger partial charge in [0.2, 0.25) is 0 Å². The average molecular weight is 441 g/mol. The maximum Gasteiger partial charge on any atom is 0.127 e. The normalized spacial score (nSPS) is 23.3. The quantitative estimate of drug-likeness (QED) is 0.504. The van der Waals surface area contributed by atoms with Gasteiger partial charge < -0.3 is 9.84 Å². The predicted molar refractivity (Wildman–Crippen MR) is 118 cm³/mol. The molecule has 1 heterocycles. The van der Waals surface area contributed by atoms with Gasteiger partial charge in [-0.25, -0.2) is 0 Å². The van der Waals surface area contributed by atoms with Crippen molar-refractivity contribution >= 4 is 15.9 Å². The Balaban J connectivity index is 1.83. The van der Waals surface area contributed by atoms with Gasteiger partial charge in [-0.3, -0.25) is 0 Å². The predicted octanol–water partition coefficient (Wildman–Crippen LogP) is 7.09. The Morgan fingerprint density at radius 2 is 1.89 bits per heavy atom. The van der Waals surface area contributed by atoms with Crippen LogP contribution in [-0.2, 0) is 5.41 Å². The lowest BCUT2D eigenvalue weighted by atomic mass is 9.66. The lowest BCUT2D eigenvalue weighted by Crippen LogP contribution is -2.45. The molecule has 1 aliphatic heterocycles.